The van der Waals surface area contributed by atoms with Gasteiger partial charge in [-0.2, -0.15) is 0 Å². The van der Waals surface area contributed by atoms with E-state index in [0.29, 0.717) is 12.5 Å². The second-order valence-corrected chi connectivity index (χ2v) is 8.91. The van der Waals surface area contributed by atoms with E-state index in [-0.39, 0.29) is 29.6 Å². The summed E-state index contributed by atoms with van der Waals surface area (Å²) in [5.74, 6) is 0.232. The molecule has 1 amide bonds. The Bertz CT molecular complexity index is 1030. The molecule has 0 aromatic heterocycles. The van der Waals surface area contributed by atoms with Crippen LogP contribution in [0, 0.1) is 17.7 Å². The van der Waals surface area contributed by atoms with Gasteiger partial charge in [0.2, 0.25) is 5.91 Å². The van der Waals surface area contributed by atoms with Crippen molar-refractivity contribution >= 4 is 11.6 Å². The van der Waals surface area contributed by atoms with Crippen molar-refractivity contribution in [3.8, 4) is 11.1 Å². The first kappa shape index (κ1) is 22.2. The minimum absolute atomic E-state index is 0.0848. The molecule has 1 fully saturated rings. The second kappa shape index (κ2) is 9.66. The first-order valence-electron chi connectivity index (χ1n) is 11.5. The van der Waals surface area contributed by atoms with Gasteiger partial charge in [-0.05, 0) is 59.2 Å². The van der Waals surface area contributed by atoms with Crippen LogP contribution in [0.3, 0.4) is 0 Å². The highest BCUT2D eigenvalue weighted by Crippen LogP contribution is 2.49. The second-order valence-electron chi connectivity index (χ2n) is 8.91. The van der Waals surface area contributed by atoms with Gasteiger partial charge in [-0.3, -0.25) is 4.79 Å². The third-order valence-corrected chi connectivity index (χ3v) is 6.73. The summed E-state index contributed by atoms with van der Waals surface area (Å²) in [6.07, 6.45) is 1.76. The maximum Gasteiger partial charge on any atom is 0.230 e. The van der Waals surface area contributed by atoms with Crippen LogP contribution in [0.15, 0.2) is 78.9 Å². The number of benzene rings is 3. The molecule has 1 saturated carbocycles. The van der Waals surface area contributed by atoms with Crippen molar-refractivity contribution in [3.63, 3.8) is 0 Å². The molecule has 1 aliphatic carbocycles. The number of hydrogen-bond donors (Lipinski definition) is 1. The van der Waals surface area contributed by atoms with E-state index in [4.69, 9.17) is 5.73 Å². The van der Waals surface area contributed by atoms with Gasteiger partial charge in [-0.25, -0.2) is 4.39 Å². The molecule has 0 radical (unpaired) electrons. The van der Waals surface area contributed by atoms with Crippen molar-refractivity contribution in [3.05, 3.63) is 90.2 Å². The standard InChI is InChI=1S/C28H31FN2O/c1-3-19(2)27(30)18-31(24-15-11-21(12-16-24)20-7-5-4-6-8-20)28(32)26-17-25(26)22-9-13-23(29)14-10-22/h4-16,19,25-27H,3,17-18,30H2,1-2H3/t19-,25-,26+,27+/m0/s1. The average molecular weight is 431 g/mol. The van der Waals surface area contributed by atoms with Gasteiger partial charge < -0.3 is 10.6 Å². The largest absolute Gasteiger partial charge is 0.326 e. The number of carbonyl (C=O) groups excluding carboxylic acids is 1. The number of nitrogens with two attached hydrogens (primary N) is 1. The van der Waals surface area contributed by atoms with E-state index in [9.17, 15) is 9.18 Å². The Hall–Kier alpha value is -2.98. The quantitative estimate of drug-likeness (QED) is 0.476. The highest BCUT2D eigenvalue weighted by atomic mass is 19.1. The number of rotatable bonds is 8. The molecule has 32 heavy (non-hydrogen) atoms. The molecule has 4 heteroatoms. The van der Waals surface area contributed by atoms with Crippen molar-refractivity contribution in [2.75, 3.05) is 11.4 Å². The molecule has 3 nitrogen and oxygen atoms in total. The zero-order chi connectivity index (χ0) is 22.7. The van der Waals surface area contributed by atoms with Gasteiger partial charge in [0.05, 0.1) is 0 Å². The van der Waals surface area contributed by atoms with Crippen molar-refractivity contribution < 1.29 is 9.18 Å². The van der Waals surface area contributed by atoms with Gasteiger partial charge in [-0.15, -0.1) is 0 Å². The topological polar surface area (TPSA) is 46.3 Å². The van der Waals surface area contributed by atoms with Crippen LogP contribution in [-0.4, -0.2) is 18.5 Å². The number of amides is 1. The number of carbonyl (C=O) groups is 1. The van der Waals surface area contributed by atoms with Crippen LogP contribution >= 0.6 is 0 Å². The van der Waals surface area contributed by atoms with Crippen LogP contribution in [0.1, 0.15) is 38.2 Å². The van der Waals surface area contributed by atoms with Gasteiger partial charge in [0, 0.05) is 24.2 Å². The van der Waals surface area contributed by atoms with E-state index in [2.05, 4.69) is 38.1 Å². The van der Waals surface area contributed by atoms with Crippen LogP contribution in [0.4, 0.5) is 10.1 Å². The predicted molar refractivity (Wildman–Crippen MR) is 129 cm³/mol. The predicted octanol–water partition coefficient (Wildman–Crippen LogP) is 6.00. The van der Waals surface area contributed by atoms with Gasteiger partial charge in [0.1, 0.15) is 5.82 Å². The zero-order valence-electron chi connectivity index (χ0n) is 18.7. The van der Waals surface area contributed by atoms with E-state index in [0.717, 1.165) is 35.2 Å². The minimum Gasteiger partial charge on any atom is -0.326 e. The first-order chi connectivity index (χ1) is 15.5. The third kappa shape index (κ3) is 4.91. The van der Waals surface area contributed by atoms with Crippen LogP contribution in [0.2, 0.25) is 0 Å². The summed E-state index contributed by atoms with van der Waals surface area (Å²) in [4.78, 5) is 15.4. The first-order valence-corrected chi connectivity index (χ1v) is 11.5. The van der Waals surface area contributed by atoms with E-state index in [1.165, 1.54) is 12.1 Å². The smallest absolute Gasteiger partial charge is 0.230 e. The molecular formula is C28H31FN2O. The average Bonchev–Trinajstić information content (AvgIpc) is 3.63. The number of nitrogens with zero attached hydrogens (tertiary/aromatic N) is 1. The van der Waals surface area contributed by atoms with Gasteiger partial charge in [0.25, 0.3) is 0 Å². The molecule has 4 rings (SSSR count). The summed E-state index contributed by atoms with van der Waals surface area (Å²) >= 11 is 0. The number of anilines is 1. The summed E-state index contributed by atoms with van der Waals surface area (Å²) in [6.45, 7) is 4.74. The molecule has 3 aromatic carbocycles. The molecule has 2 N–H and O–H groups in total. The maximum atomic E-state index is 13.6. The molecule has 0 spiro atoms. The molecule has 0 saturated heterocycles. The minimum atomic E-state index is -0.253. The molecule has 0 heterocycles. The lowest BCUT2D eigenvalue weighted by Gasteiger charge is -2.29. The monoisotopic (exact) mass is 430 g/mol. The lowest BCUT2D eigenvalue weighted by atomic mass is 9.98. The SMILES string of the molecule is CC[C@H](C)[C@H](N)CN(C(=O)[C@@H]1C[C@H]1c1ccc(F)cc1)c1ccc(-c2ccccc2)cc1. The summed E-state index contributed by atoms with van der Waals surface area (Å²) in [7, 11) is 0. The fraction of sp³-hybridized carbons (Fsp3) is 0.321. The highest BCUT2D eigenvalue weighted by molar-refractivity contribution is 5.97. The number of halogens is 1. The van der Waals surface area contributed by atoms with Crippen LogP contribution < -0.4 is 10.6 Å². The molecular weight excluding hydrogens is 399 g/mol. The third-order valence-electron chi connectivity index (χ3n) is 6.73. The van der Waals surface area contributed by atoms with Crippen molar-refractivity contribution in [1.82, 2.24) is 0 Å². The van der Waals surface area contributed by atoms with E-state index >= 15 is 0 Å². The molecule has 0 aliphatic heterocycles. The lowest BCUT2D eigenvalue weighted by Crippen LogP contribution is -2.45. The molecule has 1 aliphatic rings. The van der Waals surface area contributed by atoms with Gasteiger partial charge >= 0.3 is 0 Å². The fourth-order valence-corrected chi connectivity index (χ4v) is 4.23. The number of hydrogen-bond acceptors (Lipinski definition) is 2. The Kier molecular flexibility index (Phi) is 6.71. The van der Waals surface area contributed by atoms with Crippen molar-refractivity contribution in [2.45, 2.75) is 38.6 Å². The van der Waals surface area contributed by atoms with Crippen molar-refractivity contribution in [2.24, 2.45) is 17.6 Å². The molecule has 0 bridgehead atoms. The van der Waals surface area contributed by atoms with E-state index in [1.54, 1.807) is 12.1 Å². The van der Waals surface area contributed by atoms with Gasteiger partial charge in [-0.1, -0.05) is 74.9 Å². The Morgan fingerprint density at radius 3 is 2.25 bits per heavy atom. The van der Waals surface area contributed by atoms with Crippen molar-refractivity contribution in [1.29, 1.82) is 0 Å². The fourth-order valence-electron chi connectivity index (χ4n) is 4.23. The van der Waals surface area contributed by atoms with Crippen LogP contribution in [0.25, 0.3) is 11.1 Å². The summed E-state index contributed by atoms with van der Waals surface area (Å²) in [5.41, 5.74) is 10.6. The maximum absolute atomic E-state index is 13.6. The Labute approximate surface area is 190 Å². The molecule has 4 atom stereocenters. The lowest BCUT2D eigenvalue weighted by molar-refractivity contribution is -0.120. The summed E-state index contributed by atoms with van der Waals surface area (Å²) < 4.78 is 13.3. The van der Waals surface area contributed by atoms with Crippen LogP contribution in [0.5, 0.6) is 0 Å². The van der Waals surface area contributed by atoms with E-state index < -0.39 is 0 Å². The van der Waals surface area contributed by atoms with Crippen LogP contribution in [-0.2, 0) is 4.79 Å². The van der Waals surface area contributed by atoms with Gasteiger partial charge in [0.15, 0.2) is 0 Å². The van der Waals surface area contributed by atoms with E-state index in [1.807, 2.05) is 35.2 Å². The highest BCUT2D eigenvalue weighted by Gasteiger charge is 2.46. The Balaban J connectivity index is 1.56. The molecule has 166 valence electrons. The normalized spacial score (nSPS) is 19.2. The Morgan fingerprint density at radius 2 is 1.62 bits per heavy atom. The summed E-state index contributed by atoms with van der Waals surface area (Å²) in [5, 5.41) is 0. The Morgan fingerprint density at radius 1 is 1.00 bits per heavy atom. The zero-order valence-corrected chi connectivity index (χ0v) is 18.7. The molecule has 3 aromatic rings. The molecule has 0 unspecified atom stereocenters. The summed E-state index contributed by atoms with van der Waals surface area (Å²) in [6, 6.07) is 24.8.